The third-order valence-electron chi connectivity index (χ3n) is 1.74. The normalized spacial score (nSPS) is 25.8. The Bertz CT molecular complexity index is 478. The first kappa shape index (κ1) is 8.06. The molecule has 1 aliphatic heterocycles. The van der Waals surface area contributed by atoms with Gasteiger partial charge >= 0.3 is 6.03 Å². The summed E-state index contributed by atoms with van der Waals surface area (Å²) in [5.41, 5.74) is 0. The maximum absolute atomic E-state index is 11.0. The number of benzene rings is 1. The van der Waals surface area contributed by atoms with Gasteiger partial charge in [-0.25, -0.2) is 10.0 Å². The lowest BCUT2D eigenvalue weighted by molar-refractivity contribution is -0.929. The molecular formula is C8H6N2O3. The molecule has 13 heavy (non-hydrogen) atoms. The first-order valence-electron chi connectivity index (χ1n) is 3.63. The highest BCUT2D eigenvalue weighted by molar-refractivity contribution is 5.71. The van der Waals surface area contributed by atoms with E-state index in [4.69, 9.17) is 5.21 Å². The van der Waals surface area contributed by atoms with E-state index in [-0.39, 0.29) is 0 Å². The Morgan fingerprint density at radius 1 is 1.38 bits per heavy atom. The number of quaternary nitrogens is 1. The van der Waals surface area contributed by atoms with Gasteiger partial charge in [0.1, 0.15) is 6.20 Å². The Morgan fingerprint density at radius 2 is 2.08 bits per heavy atom. The maximum atomic E-state index is 11.0. The SMILES string of the molecule is O=C1N=c2ccccc2=C[N+]1([O-])O. The Labute approximate surface area is 73.0 Å². The molecule has 0 fully saturated rings. The van der Waals surface area contributed by atoms with Crippen molar-refractivity contribution in [3.05, 3.63) is 40.0 Å². The third-order valence-corrected chi connectivity index (χ3v) is 1.74. The van der Waals surface area contributed by atoms with Crippen molar-refractivity contribution < 1.29 is 14.8 Å². The number of hydrogen-bond donors (Lipinski definition) is 1. The van der Waals surface area contributed by atoms with Crippen LogP contribution in [0.15, 0.2) is 29.3 Å². The van der Waals surface area contributed by atoms with E-state index in [0.717, 1.165) is 6.20 Å². The number of hydroxylamine groups is 4. The highest BCUT2D eigenvalue weighted by atomic mass is 16.8. The second-order valence-corrected chi connectivity index (χ2v) is 2.71. The van der Waals surface area contributed by atoms with Crippen LogP contribution in [0.4, 0.5) is 4.79 Å². The summed E-state index contributed by atoms with van der Waals surface area (Å²) in [6, 6.07) is 5.47. The molecule has 5 nitrogen and oxygen atoms in total. The van der Waals surface area contributed by atoms with Gasteiger partial charge < -0.3 is 5.21 Å². The lowest BCUT2D eigenvalue weighted by Gasteiger charge is -2.24. The molecule has 0 saturated heterocycles. The minimum Gasteiger partial charge on any atom is -0.585 e. The number of hydrogen-bond acceptors (Lipinski definition) is 3. The number of amides is 2. The number of carbonyl (C=O) groups excluding carboxylic acids is 1. The summed E-state index contributed by atoms with van der Waals surface area (Å²) in [7, 11) is 0. The largest absolute Gasteiger partial charge is 0.585 e. The third kappa shape index (κ3) is 1.25. The average Bonchev–Trinajstić information content (AvgIpc) is 2.06. The van der Waals surface area contributed by atoms with Crippen LogP contribution in [0.1, 0.15) is 0 Å². The van der Waals surface area contributed by atoms with Gasteiger partial charge in [0.2, 0.25) is 0 Å². The molecule has 1 aromatic rings. The van der Waals surface area contributed by atoms with Crippen LogP contribution in [0.3, 0.4) is 0 Å². The van der Waals surface area contributed by atoms with E-state index in [0.29, 0.717) is 10.6 Å². The summed E-state index contributed by atoms with van der Waals surface area (Å²) >= 11 is 0. The van der Waals surface area contributed by atoms with E-state index in [1.807, 2.05) is 0 Å². The van der Waals surface area contributed by atoms with Crippen molar-refractivity contribution in [2.24, 2.45) is 4.99 Å². The van der Waals surface area contributed by atoms with Crippen molar-refractivity contribution in [2.45, 2.75) is 0 Å². The zero-order chi connectivity index (χ0) is 9.47. The van der Waals surface area contributed by atoms with E-state index < -0.39 is 10.8 Å². The molecule has 5 heteroatoms. The predicted octanol–water partition coefficient (Wildman–Crippen LogP) is -0.118. The van der Waals surface area contributed by atoms with Crippen LogP contribution >= 0.6 is 0 Å². The number of rotatable bonds is 0. The molecule has 2 rings (SSSR count). The topological polar surface area (TPSA) is 72.7 Å². The first-order valence-corrected chi connectivity index (χ1v) is 3.63. The molecule has 0 bridgehead atoms. The van der Waals surface area contributed by atoms with Gasteiger partial charge in [-0.3, -0.25) is 0 Å². The van der Waals surface area contributed by atoms with Crippen molar-refractivity contribution in [3.8, 4) is 0 Å². The molecule has 1 unspecified atom stereocenters. The van der Waals surface area contributed by atoms with Gasteiger partial charge in [-0.05, 0) is 12.1 Å². The zero-order valence-electron chi connectivity index (χ0n) is 6.54. The highest BCUT2D eigenvalue weighted by Gasteiger charge is 2.25. The second kappa shape index (κ2) is 2.46. The molecule has 0 saturated carbocycles. The van der Waals surface area contributed by atoms with Gasteiger partial charge in [0.25, 0.3) is 0 Å². The standard InChI is InChI=1S/C8H6N2O3/c11-8-9-7-4-2-1-3-6(7)5-10(8,12)13/h1-5,12H. The van der Waals surface area contributed by atoms with Crippen LogP contribution in [-0.4, -0.2) is 16.0 Å². The van der Waals surface area contributed by atoms with Crippen molar-refractivity contribution in [2.75, 3.05) is 0 Å². The molecule has 1 aromatic carbocycles. The molecule has 0 aliphatic carbocycles. The Hall–Kier alpha value is -1.56. The number of fused-ring (bicyclic) bond motifs is 1. The number of para-hydroxylation sites is 1. The van der Waals surface area contributed by atoms with Crippen LogP contribution in [-0.2, 0) is 0 Å². The van der Waals surface area contributed by atoms with Crippen LogP contribution in [0, 0.1) is 5.21 Å². The quantitative estimate of drug-likeness (QED) is 0.342. The molecule has 1 heterocycles. The Morgan fingerprint density at radius 3 is 2.85 bits per heavy atom. The van der Waals surface area contributed by atoms with Gasteiger partial charge in [-0.2, -0.15) is 4.99 Å². The lowest BCUT2D eigenvalue weighted by atomic mass is 10.3. The fourth-order valence-electron chi connectivity index (χ4n) is 1.12. The summed E-state index contributed by atoms with van der Waals surface area (Å²) in [6.07, 6.45) is 0.907. The summed E-state index contributed by atoms with van der Waals surface area (Å²) in [4.78, 5) is 12.3. The lowest BCUT2D eigenvalue weighted by Crippen LogP contribution is -2.46. The van der Waals surface area contributed by atoms with Crippen molar-refractivity contribution >= 4 is 12.2 Å². The van der Waals surface area contributed by atoms with Gasteiger partial charge in [0.05, 0.1) is 10.6 Å². The van der Waals surface area contributed by atoms with E-state index in [2.05, 4.69) is 4.99 Å². The van der Waals surface area contributed by atoms with Gasteiger partial charge in [-0.15, -0.1) is 4.81 Å². The summed E-state index contributed by atoms with van der Waals surface area (Å²) in [5.74, 6) is 0. The summed E-state index contributed by atoms with van der Waals surface area (Å²) in [6.45, 7) is 0. The van der Waals surface area contributed by atoms with Gasteiger partial charge in [0, 0.05) is 0 Å². The Kier molecular flexibility index (Phi) is 1.53. The molecule has 2 amide bonds. The van der Waals surface area contributed by atoms with E-state index in [1.165, 1.54) is 0 Å². The summed E-state index contributed by atoms with van der Waals surface area (Å²) in [5, 5.41) is 20.9. The van der Waals surface area contributed by atoms with E-state index >= 15 is 0 Å². The molecule has 1 atom stereocenters. The Balaban J connectivity index is 2.81. The monoisotopic (exact) mass is 178 g/mol. The van der Waals surface area contributed by atoms with Crippen LogP contribution in [0.25, 0.3) is 6.20 Å². The van der Waals surface area contributed by atoms with Gasteiger partial charge in [0.15, 0.2) is 0 Å². The van der Waals surface area contributed by atoms with E-state index in [1.54, 1.807) is 24.3 Å². The predicted molar refractivity (Wildman–Crippen MR) is 42.5 cm³/mol. The summed E-state index contributed by atoms with van der Waals surface area (Å²) < 4.78 is 0. The van der Waals surface area contributed by atoms with Crippen molar-refractivity contribution in [1.29, 1.82) is 0 Å². The number of nitrogens with zero attached hydrogens (tertiary/aromatic N) is 2. The van der Waals surface area contributed by atoms with Crippen LogP contribution < -0.4 is 10.6 Å². The number of urea groups is 1. The smallest absolute Gasteiger partial charge is 0.480 e. The van der Waals surface area contributed by atoms with Gasteiger partial charge in [-0.1, -0.05) is 12.1 Å². The second-order valence-electron chi connectivity index (χ2n) is 2.71. The minimum absolute atomic E-state index is 0.408. The molecule has 1 N–H and O–H groups in total. The molecule has 66 valence electrons. The average molecular weight is 178 g/mol. The maximum Gasteiger partial charge on any atom is 0.480 e. The molecular weight excluding hydrogens is 172 g/mol. The van der Waals surface area contributed by atoms with Crippen molar-refractivity contribution in [1.82, 2.24) is 0 Å². The van der Waals surface area contributed by atoms with Crippen LogP contribution in [0.2, 0.25) is 0 Å². The molecule has 1 aliphatic rings. The van der Waals surface area contributed by atoms with Crippen molar-refractivity contribution in [3.63, 3.8) is 0 Å². The zero-order valence-corrected chi connectivity index (χ0v) is 6.54. The fraction of sp³-hybridized carbons (Fsp3) is 0. The fourth-order valence-corrected chi connectivity index (χ4v) is 1.12. The van der Waals surface area contributed by atoms with E-state index in [9.17, 15) is 10.0 Å². The first-order chi connectivity index (χ1) is 6.09. The number of carbonyl (C=O) groups is 1. The van der Waals surface area contributed by atoms with Crippen LogP contribution in [0.5, 0.6) is 0 Å². The minimum atomic E-state index is -2.06. The molecule has 0 spiro atoms. The molecule has 0 radical (unpaired) electrons. The molecule has 0 aromatic heterocycles. The highest BCUT2D eigenvalue weighted by Crippen LogP contribution is 2.04.